The van der Waals surface area contributed by atoms with E-state index >= 15 is 0 Å². The molecule has 1 unspecified atom stereocenters. The first kappa shape index (κ1) is 27.0. The summed E-state index contributed by atoms with van der Waals surface area (Å²) in [6.07, 6.45) is 1.51. The fourth-order valence-electron chi connectivity index (χ4n) is 4.35. The number of nitrogens with zero attached hydrogens (tertiary/aromatic N) is 1. The van der Waals surface area contributed by atoms with E-state index in [1.807, 2.05) is 18.2 Å². The van der Waals surface area contributed by atoms with Crippen LogP contribution in [-0.4, -0.2) is 19.7 Å². The zero-order valence-corrected chi connectivity index (χ0v) is 23.3. The van der Waals surface area contributed by atoms with Gasteiger partial charge in [-0.05, 0) is 60.2 Å². The number of H-pyrrole nitrogens is 1. The van der Waals surface area contributed by atoms with E-state index in [0.29, 0.717) is 37.1 Å². The van der Waals surface area contributed by atoms with Crippen molar-refractivity contribution in [2.24, 2.45) is 5.14 Å². The summed E-state index contributed by atoms with van der Waals surface area (Å²) in [4.78, 5) is 29.9. The van der Waals surface area contributed by atoms with Gasteiger partial charge in [0.2, 0.25) is 0 Å². The third-order valence-electron chi connectivity index (χ3n) is 6.02. The van der Waals surface area contributed by atoms with Crippen molar-refractivity contribution in [3.05, 3.63) is 117 Å². The smallest absolute Gasteiger partial charge is 0.280 e. The highest BCUT2D eigenvalue weighted by atomic mass is 35.5. The van der Waals surface area contributed by atoms with Crippen LogP contribution in [0.2, 0.25) is 10.0 Å². The molecule has 3 aromatic carbocycles. The maximum atomic E-state index is 14.0. The van der Waals surface area contributed by atoms with Gasteiger partial charge in [0, 0.05) is 62.6 Å². The molecule has 12 heteroatoms. The normalized spacial score (nSPS) is 11.9. The van der Waals surface area contributed by atoms with Gasteiger partial charge >= 0.3 is 0 Å². The summed E-state index contributed by atoms with van der Waals surface area (Å²) in [6.45, 7) is 0.213. The maximum Gasteiger partial charge on any atom is 0.280 e. The molecular weight excluding hydrogens is 577 g/mol. The number of nitrogens with one attached hydrogen (secondary N) is 3. The summed E-state index contributed by atoms with van der Waals surface area (Å²) in [5, 5.41) is 7.02. The first-order valence-electron chi connectivity index (χ1n) is 11.5. The van der Waals surface area contributed by atoms with Gasteiger partial charge in [-0.15, -0.1) is 0 Å². The van der Waals surface area contributed by atoms with Crippen LogP contribution in [0.15, 0.2) is 94.7 Å². The van der Waals surface area contributed by atoms with Crippen molar-refractivity contribution < 1.29 is 9.00 Å². The Balaban J connectivity index is 1.70. The molecule has 1 atom stereocenters. The largest absolute Gasteiger partial charge is 0.331 e. The molecule has 0 saturated heterocycles. The van der Waals surface area contributed by atoms with Gasteiger partial charge in [0.15, 0.2) is 11.0 Å². The lowest BCUT2D eigenvalue weighted by Gasteiger charge is -2.14. The topological polar surface area (TPSA) is 122 Å². The van der Waals surface area contributed by atoms with Crippen LogP contribution < -0.4 is 20.1 Å². The van der Waals surface area contributed by atoms with E-state index in [1.54, 1.807) is 65.2 Å². The highest BCUT2D eigenvalue weighted by Crippen LogP contribution is 2.36. The predicted molar refractivity (Wildman–Crippen MR) is 159 cm³/mol. The van der Waals surface area contributed by atoms with E-state index in [2.05, 4.69) is 14.4 Å². The van der Waals surface area contributed by atoms with Crippen molar-refractivity contribution in [1.29, 1.82) is 0 Å². The molecule has 5 aromatic rings. The molecule has 0 aliphatic rings. The van der Waals surface area contributed by atoms with E-state index < -0.39 is 16.9 Å². The molecule has 0 spiro atoms. The molecule has 5 rings (SSSR count). The minimum absolute atomic E-state index is 0.143. The van der Waals surface area contributed by atoms with Gasteiger partial charge in [-0.1, -0.05) is 47.5 Å². The van der Waals surface area contributed by atoms with E-state index in [1.165, 1.54) is 6.20 Å². The van der Waals surface area contributed by atoms with Gasteiger partial charge in [-0.25, -0.2) is 4.21 Å². The number of anilines is 1. The van der Waals surface area contributed by atoms with Crippen LogP contribution in [0.3, 0.4) is 0 Å². The second-order valence-corrected chi connectivity index (χ2v) is 10.9. The summed E-state index contributed by atoms with van der Waals surface area (Å²) in [6, 6.07) is 22.5. The summed E-state index contributed by atoms with van der Waals surface area (Å²) in [5.74, 6) is -0.641. The lowest BCUT2D eigenvalue weighted by atomic mass is 10.0. The number of carbonyl (C=O) groups is 1. The third kappa shape index (κ3) is 5.61. The van der Waals surface area contributed by atoms with Crippen molar-refractivity contribution >= 4 is 68.8 Å². The summed E-state index contributed by atoms with van der Waals surface area (Å²) in [5.41, 5.74) is 2.43. The third-order valence-corrected chi connectivity index (χ3v) is 8.03. The van der Waals surface area contributed by atoms with Gasteiger partial charge in [-0.3, -0.25) is 19.5 Å². The number of halogens is 2. The first-order chi connectivity index (χ1) is 18.9. The second-order valence-electron chi connectivity index (χ2n) is 8.42. The minimum Gasteiger partial charge on any atom is -0.331 e. The van der Waals surface area contributed by atoms with E-state index in [4.69, 9.17) is 28.3 Å². The van der Waals surface area contributed by atoms with Crippen molar-refractivity contribution in [1.82, 2.24) is 14.3 Å². The predicted octanol–water partition coefficient (Wildman–Crippen LogP) is 5.74. The van der Waals surface area contributed by atoms with Gasteiger partial charge < -0.3 is 14.3 Å². The number of benzene rings is 3. The summed E-state index contributed by atoms with van der Waals surface area (Å²) < 4.78 is 20.5. The monoisotopic (exact) mass is 597 g/mol. The van der Waals surface area contributed by atoms with Gasteiger partial charge in [0.05, 0.1) is 4.90 Å². The molecule has 2 heterocycles. The van der Waals surface area contributed by atoms with E-state index in [-0.39, 0.29) is 23.4 Å². The number of amides is 1. The van der Waals surface area contributed by atoms with Crippen LogP contribution in [0.4, 0.5) is 5.69 Å². The van der Waals surface area contributed by atoms with Gasteiger partial charge in [0.25, 0.3) is 11.5 Å². The Morgan fingerprint density at radius 2 is 1.85 bits per heavy atom. The van der Waals surface area contributed by atoms with Crippen molar-refractivity contribution in [2.45, 2.75) is 11.4 Å². The molecule has 2 aromatic heterocycles. The highest BCUT2D eigenvalue weighted by Gasteiger charge is 2.27. The average molecular weight is 599 g/mol. The fraction of sp³-hybridized carbons (Fsp3) is 0.0370. The van der Waals surface area contributed by atoms with Gasteiger partial charge in [-0.2, -0.15) is 0 Å². The molecule has 1 amide bonds. The molecule has 8 nitrogen and oxygen atoms in total. The quantitative estimate of drug-likeness (QED) is 0.169. The lowest BCUT2D eigenvalue weighted by molar-refractivity contribution is 0.0975. The maximum absolute atomic E-state index is 14.0. The molecule has 0 fully saturated rings. The Bertz CT molecular complexity index is 1790. The van der Waals surface area contributed by atoms with Crippen molar-refractivity contribution in [3.8, 4) is 11.1 Å². The molecule has 198 valence electrons. The van der Waals surface area contributed by atoms with Crippen LogP contribution in [-0.2, 0) is 17.5 Å². The van der Waals surface area contributed by atoms with Crippen LogP contribution in [0.1, 0.15) is 16.1 Å². The van der Waals surface area contributed by atoms with E-state index in [9.17, 15) is 13.8 Å². The number of hydrogen-bond acceptors (Lipinski definition) is 6. The van der Waals surface area contributed by atoms with Crippen LogP contribution in [0, 0.1) is 0 Å². The minimum atomic E-state index is -1.92. The van der Waals surface area contributed by atoms with Crippen LogP contribution in [0.5, 0.6) is 0 Å². The average Bonchev–Trinajstić information content (AvgIpc) is 3.23. The molecular formula is C27H21Cl2N5O3S2. The molecule has 5 N–H and O–H groups in total. The van der Waals surface area contributed by atoms with Crippen LogP contribution >= 0.6 is 35.3 Å². The Kier molecular flexibility index (Phi) is 8.10. The molecule has 0 radical (unpaired) electrons. The fourth-order valence-corrected chi connectivity index (χ4v) is 5.80. The van der Waals surface area contributed by atoms with Gasteiger partial charge in [0.1, 0.15) is 5.69 Å². The Morgan fingerprint density at radius 1 is 1.03 bits per heavy atom. The number of nitrogens with two attached hydrogens (primary N) is 1. The molecule has 39 heavy (non-hydrogen) atoms. The summed E-state index contributed by atoms with van der Waals surface area (Å²) >= 11 is 13.7. The Morgan fingerprint density at radius 3 is 2.62 bits per heavy atom. The number of aromatic nitrogens is 2. The number of fused-ring (bicyclic) bond motifs is 1. The van der Waals surface area contributed by atoms with E-state index in [0.717, 1.165) is 17.7 Å². The zero-order valence-electron chi connectivity index (χ0n) is 20.1. The van der Waals surface area contributed by atoms with Crippen molar-refractivity contribution in [2.75, 3.05) is 4.72 Å². The summed E-state index contributed by atoms with van der Waals surface area (Å²) in [7, 11) is -1.92. The number of hydrogen-bond donors (Lipinski definition) is 4. The van der Waals surface area contributed by atoms with Crippen molar-refractivity contribution in [3.63, 3.8) is 0 Å². The molecule has 0 aliphatic heterocycles. The zero-order chi connectivity index (χ0) is 27.5. The number of pyridine rings is 1. The Hall–Kier alpha value is -3.54. The second kappa shape index (κ2) is 11.7. The highest BCUT2D eigenvalue weighted by molar-refractivity contribution is 7.98. The number of carbonyl (C=O) groups excluding carboxylic acids is 1. The van der Waals surface area contributed by atoms with Crippen LogP contribution in [0.25, 0.3) is 22.0 Å². The Labute approximate surface area is 240 Å². The number of aromatic amines is 1. The standard InChI is InChI=1S/C27H21Cl2N5O3S2/c28-17-10-11-23-21(13-17)24(20-8-4-12-31-26(20)35)25(34(23)15-16-5-1-2-9-22(16)29)27(36)33-39(37)19-7-3-6-18(14-19)32-38-30/h1-14,32H,15,30H2,(H,31,35)(H,33,36). The number of rotatable bonds is 8. The molecule has 0 bridgehead atoms. The SMILES string of the molecule is NSNc1cccc(S(=O)NC(=O)c2c(-c3ccc[nH]c3=O)c3cc(Cl)ccc3n2Cc2ccccc2Cl)c1. The first-order valence-corrected chi connectivity index (χ1v) is 14.3. The molecule has 0 aliphatic carbocycles. The lowest BCUT2D eigenvalue weighted by Crippen LogP contribution is -2.29. The molecule has 0 saturated carbocycles.